The quantitative estimate of drug-likeness (QED) is 0.491. The molecule has 0 bridgehead atoms. The molecule has 0 spiro atoms. The van der Waals surface area contributed by atoms with Gasteiger partial charge in [0, 0.05) is 0 Å². The molecule has 1 fully saturated rings. The SMILES string of the molecule is C#CCO[C@@H](/C=C/C)C1CCCCC1. The molecule has 14 heavy (non-hydrogen) atoms. The third kappa shape index (κ3) is 3.55. The fourth-order valence-electron chi connectivity index (χ4n) is 2.15. The van der Waals surface area contributed by atoms with E-state index in [1.165, 1.54) is 32.1 Å². The molecule has 0 amide bonds. The molecular weight excluding hydrogens is 172 g/mol. The van der Waals surface area contributed by atoms with E-state index in [0.29, 0.717) is 12.5 Å². The highest BCUT2D eigenvalue weighted by Crippen LogP contribution is 2.28. The molecule has 0 aromatic carbocycles. The minimum atomic E-state index is 0.247. The average Bonchev–Trinajstić information content (AvgIpc) is 2.25. The second-order valence-corrected chi connectivity index (χ2v) is 3.90. The molecule has 1 atom stereocenters. The first-order valence-corrected chi connectivity index (χ1v) is 5.56. The summed E-state index contributed by atoms with van der Waals surface area (Å²) < 4.78 is 5.65. The summed E-state index contributed by atoms with van der Waals surface area (Å²) in [6, 6.07) is 0. The Balaban J connectivity index is 2.43. The van der Waals surface area contributed by atoms with Crippen LogP contribution >= 0.6 is 0 Å². The summed E-state index contributed by atoms with van der Waals surface area (Å²) in [5.74, 6) is 3.23. The van der Waals surface area contributed by atoms with Crippen molar-refractivity contribution in [2.75, 3.05) is 6.61 Å². The van der Waals surface area contributed by atoms with Crippen molar-refractivity contribution in [2.45, 2.75) is 45.1 Å². The summed E-state index contributed by atoms with van der Waals surface area (Å²) in [6.45, 7) is 2.47. The Hall–Kier alpha value is -0.740. The third-order valence-corrected chi connectivity index (χ3v) is 2.86. The molecule has 1 saturated carbocycles. The fourth-order valence-corrected chi connectivity index (χ4v) is 2.15. The minimum absolute atomic E-state index is 0.247. The maximum Gasteiger partial charge on any atom is 0.108 e. The summed E-state index contributed by atoms with van der Waals surface area (Å²) in [6.07, 6.45) is 16.3. The maximum atomic E-state index is 5.65. The Labute approximate surface area is 87.5 Å². The monoisotopic (exact) mass is 192 g/mol. The van der Waals surface area contributed by atoms with Gasteiger partial charge >= 0.3 is 0 Å². The highest BCUT2D eigenvalue weighted by molar-refractivity contribution is 4.94. The van der Waals surface area contributed by atoms with Crippen LogP contribution in [-0.4, -0.2) is 12.7 Å². The molecule has 0 N–H and O–H groups in total. The maximum absolute atomic E-state index is 5.65. The first-order valence-electron chi connectivity index (χ1n) is 5.56. The van der Waals surface area contributed by atoms with Crippen molar-refractivity contribution in [3.63, 3.8) is 0 Å². The number of rotatable bonds is 4. The zero-order chi connectivity index (χ0) is 10.2. The summed E-state index contributed by atoms with van der Waals surface area (Å²) in [5.41, 5.74) is 0. The Morgan fingerprint density at radius 3 is 2.71 bits per heavy atom. The van der Waals surface area contributed by atoms with Gasteiger partial charge in [-0.15, -0.1) is 6.42 Å². The van der Waals surface area contributed by atoms with Crippen LogP contribution in [0, 0.1) is 18.3 Å². The van der Waals surface area contributed by atoms with E-state index in [-0.39, 0.29) is 6.10 Å². The standard InChI is InChI=1S/C13H20O/c1-3-8-13(14-11-4-2)12-9-6-5-7-10-12/h2-3,8,12-13H,5-7,9-11H2,1H3/b8-3+/t13-/m0/s1. The topological polar surface area (TPSA) is 9.23 Å². The largest absolute Gasteiger partial charge is 0.361 e. The molecule has 0 aliphatic heterocycles. The van der Waals surface area contributed by atoms with Gasteiger partial charge in [-0.2, -0.15) is 0 Å². The molecular formula is C13H20O. The van der Waals surface area contributed by atoms with E-state index in [2.05, 4.69) is 18.1 Å². The van der Waals surface area contributed by atoms with E-state index in [1.807, 2.05) is 6.92 Å². The lowest BCUT2D eigenvalue weighted by Crippen LogP contribution is -2.24. The Bertz CT molecular complexity index is 206. The zero-order valence-electron chi connectivity index (χ0n) is 9.04. The van der Waals surface area contributed by atoms with Crippen molar-refractivity contribution in [2.24, 2.45) is 5.92 Å². The van der Waals surface area contributed by atoms with Crippen LogP contribution in [0.4, 0.5) is 0 Å². The number of allylic oxidation sites excluding steroid dienone is 1. The molecule has 1 aliphatic carbocycles. The van der Waals surface area contributed by atoms with Gasteiger partial charge in [0.05, 0.1) is 6.10 Å². The Kier molecular flexibility index (Phi) is 5.40. The lowest BCUT2D eigenvalue weighted by Gasteiger charge is -2.27. The second kappa shape index (κ2) is 6.68. The Morgan fingerprint density at radius 1 is 1.43 bits per heavy atom. The second-order valence-electron chi connectivity index (χ2n) is 3.90. The van der Waals surface area contributed by atoms with Crippen molar-refractivity contribution >= 4 is 0 Å². The van der Waals surface area contributed by atoms with Crippen LogP contribution in [0.1, 0.15) is 39.0 Å². The average molecular weight is 192 g/mol. The van der Waals surface area contributed by atoms with E-state index >= 15 is 0 Å². The summed E-state index contributed by atoms with van der Waals surface area (Å²) >= 11 is 0. The van der Waals surface area contributed by atoms with Crippen LogP contribution in [0.5, 0.6) is 0 Å². The van der Waals surface area contributed by atoms with Gasteiger partial charge < -0.3 is 4.74 Å². The van der Waals surface area contributed by atoms with E-state index < -0.39 is 0 Å². The fraction of sp³-hybridized carbons (Fsp3) is 0.692. The van der Waals surface area contributed by atoms with Crippen LogP contribution in [-0.2, 0) is 4.74 Å². The predicted molar refractivity (Wildman–Crippen MR) is 60.0 cm³/mol. The minimum Gasteiger partial charge on any atom is -0.361 e. The molecule has 0 heterocycles. The van der Waals surface area contributed by atoms with Crippen molar-refractivity contribution in [1.29, 1.82) is 0 Å². The van der Waals surface area contributed by atoms with Gasteiger partial charge in [0.1, 0.15) is 6.61 Å². The van der Waals surface area contributed by atoms with Gasteiger partial charge in [0.15, 0.2) is 0 Å². The van der Waals surface area contributed by atoms with Crippen molar-refractivity contribution < 1.29 is 4.74 Å². The van der Waals surface area contributed by atoms with Crippen LogP contribution in [0.3, 0.4) is 0 Å². The number of hydrogen-bond acceptors (Lipinski definition) is 1. The normalized spacial score (nSPS) is 20.9. The first kappa shape index (κ1) is 11.3. The Morgan fingerprint density at radius 2 is 2.14 bits per heavy atom. The number of ether oxygens (including phenoxy) is 1. The van der Waals surface area contributed by atoms with Gasteiger partial charge in [-0.3, -0.25) is 0 Å². The lowest BCUT2D eigenvalue weighted by atomic mass is 9.85. The molecule has 1 heteroatoms. The molecule has 1 rings (SSSR count). The highest BCUT2D eigenvalue weighted by Gasteiger charge is 2.21. The molecule has 0 aromatic rings. The van der Waals surface area contributed by atoms with Crippen LogP contribution in [0.25, 0.3) is 0 Å². The highest BCUT2D eigenvalue weighted by atomic mass is 16.5. The van der Waals surface area contributed by atoms with Crippen LogP contribution in [0.15, 0.2) is 12.2 Å². The molecule has 1 nitrogen and oxygen atoms in total. The molecule has 0 saturated heterocycles. The van der Waals surface area contributed by atoms with Crippen molar-refractivity contribution in [1.82, 2.24) is 0 Å². The smallest absolute Gasteiger partial charge is 0.108 e. The van der Waals surface area contributed by atoms with Crippen molar-refractivity contribution in [3.05, 3.63) is 12.2 Å². The molecule has 1 aliphatic rings. The predicted octanol–water partition coefficient (Wildman–Crippen LogP) is 3.16. The number of hydrogen-bond donors (Lipinski definition) is 0. The van der Waals surface area contributed by atoms with Crippen LogP contribution in [0.2, 0.25) is 0 Å². The van der Waals surface area contributed by atoms with E-state index in [1.54, 1.807) is 0 Å². The van der Waals surface area contributed by atoms with Gasteiger partial charge in [0.2, 0.25) is 0 Å². The summed E-state index contributed by atoms with van der Waals surface area (Å²) in [7, 11) is 0. The third-order valence-electron chi connectivity index (χ3n) is 2.86. The van der Waals surface area contributed by atoms with Crippen LogP contribution < -0.4 is 0 Å². The molecule has 0 aromatic heterocycles. The van der Waals surface area contributed by atoms with E-state index in [4.69, 9.17) is 11.2 Å². The molecule has 78 valence electrons. The summed E-state index contributed by atoms with van der Waals surface area (Å²) in [4.78, 5) is 0. The molecule has 0 unspecified atom stereocenters. The van der Waals surface area contributed by atoms with Crippen molar-refractivity contribution in [3.8, 4) is 12.3 Å². The van der Waals surface area contributed by atoms with Gasteiger partial charge in [-0.05, 0) is 25.7 Å². The van der Waals surface area contributed by atoms with Gasteiger partial charge in [-0.25, -0.2) is 0 Å². The summed E-state index contributed by atoms with van der Waals surface area (Å²) in [5, 5.41) is 0. The lowest BCUT2D eigenvalue weighted by molar-refractivity contribution is 0.0521. The van der Waals surface area contributed by atoms with Gasteiger partial charge in [0.25, 0.3) is 0 Å². The first-order chi connectivity index (χ1) is 6.88. The van der Waals surface area contributed by atoms with E-state index in [0.717, 1.165) is 0 Å². The van der Waals surface area contributed by atoms with E-state index in [9.17, 15) is 0 Å². The zero-order valence-corrected chi connectivity index (χ0v) is 9.04. The molecule has 0 radical (unpaired) electrons. The number of terminal acetylenes is 1. The van der Waals surface area contributed by atoms with Gasteiger partial charge in [-0.1, -0.05) is 37.3 Å².